The number of benzene rings is 2. The molecule has 0 spiro atoms. The number of nitrogens with one attached hydrogen (secondary N) is 1. The van der Waals surface area contributed by atoms with E-state index in [1.165, 1.54) is 0 Å². The number of hydrogen-bond acceptors (Lipinski definition) is 4. The van der Waals surface area contributed by atoms with Crippen molar-refractivity contribution in [1.82, 2.24) is 4.72 Å². The van der Waals surface area contributed by atoms with E-state index in [4.69, 9.17) is 0 Å². The van der Waals surface area contributed by atoms with Crippen LogP contribution in [-0.4, -0.2) is 34.2 Å². The van der Waals surface area contributed by atoms with Crippen molar-refractivity contribution in [3.8, 4) is 0 Å². The number of nitrogens with zero attached hydrogens (tertiary/aromatic N) is 1. The Bertz CT molecular complexity index is 850. The summed E-state index contributed by atoms with van der Waals surface area (Å²) in [6.45, 7) is -0.361. The van der Waals surface area contributed by atoms with Gasteiger partial charge in [0.05, 0.1) is 16.6 Å². The van der Waals surface area contributed by atoms with E-state index in [-0.39, 0.29) is 6.54 Å². The van der Waals surface area contributed by atoms with Crippen LogP contribution in [0, 0.1) is 0 Å². The van der Waals surface area contributed by atoms with Crippen LogP contribution < -0.4 is 9.62 Å². The zero-order chi connectivity index (χ0) is 19.5. The molecular weight excluding hydrogens is 369 g/mol. The Balaban J connectivity index is 2.10. The standard InChI is InChI=1S/C17H19F3N2O3S/c1-22(2)14-8-6-12(7-9-14)16(23)11-21-26(24,25)15-5-3-4-13(10-15)17(18,19)20/h3-10,16,21,23H,11H2,1-2H3. The number of aliphatic hydroxyl groups excluding tert-OH is 1. The summed E-state index contributed by atoms with van der Waals surface area (Å²) in [4.78, 5) is 1.36. The predicted molar refractivity (Wildman–Crippen MR) is 92.4 cm³/mol. The topological polar surface area (TPSA) is 69.6 Å². The molecule has 0 radical (unpaired) electrons. The number of aliphatic hydroxyl groups is 1. The Morgan fingerprint density at radius 1 is 1.12 bits per heavy atom. The molecule has 0 saturated carbocycles. The zero-order valence-corrected chi connectivity index (χ0v) is 15.0. The highest BCUT2D eigenvalue weighted by atomic mass is 32.2. The molecule has 2 rings (SSSR count). The summed E-state index contributed by atoms with van der Waals surface area (Å²) in [7, 11) is -0.474. The van der Waals surface area contributed by atoms with Gasteiger partial charge in [-0.2, -0.15) is 13.2 Å². The number of sulfonamides is 1. The highest BCUT2D eigenvalue weighted by molar-refractivity contribution is 7.89. The van der Waals surface area contributed by atoms with E-state index in [0.717, 1.165) is 23.9 Å². The van der Waals surface area contributed by atoms with Crippen LogP contribution in [0.3, 0.4) is 0 Å². The van der Waals surface area contributed by atoms with Gasteiger partial charge in [-0.25, -0.2) is 13.1 Å². The molecule has 0 aromatic heterocycles. The first-order valence-electron chi connectivity index (χ1n) is 7.63. The summed E-state index contributed by atoms with van der Waals surface area (Å²) >= 11 is 0. The fourth-order valence-corrected chi connectivity index (χ4v) is 3.31. The minimum atomic E-state index is -4.64. The maximum atomic E-state index is 12.7. The van der Waals surface area contributed by atoms with Crippen molar-refractivity contribution >= 4 is 15.7 Å². The van der Waals surface area contributed by atoms with E-state index in [1.54, 1.807) is 24.3 Å². The smallest absolute Gasteiger partial charge is 0.387 e. The highest BCUT2D eigenvalue weighted by Crippen LogP contribution is 2.30. The van der Waals surface area contributed by atoms with Gasteiger partial charge in [0.1, 0.15) is 0 Å². The molecule has 0 amide bonds. The second kappa shape index (κ2) is 7.65. The summed E-state index contributed by atoms with van der Waals surface area (Å²) in [5.41, 5.74) is 0.341. The van der Waals surface area contributed by atoms with Gasteiger partial charge >= 0.3 is 6.18 Å². The molecule has 0 fully saturated rings. The van der Waals surface area contributed by atoms with E-state index in [9.17, 15) is 26.7 Å². The average Bonchev–Trinajstić information content (AvgIpc) is 2.59. The third-order valence-electron chi connectivity index (χ3n) is 3.73. The van der Waals surface area contributed by atoms with Gasteiger partial charge in [0.25, 0.3) is 0 Å². The average molecular weight is 388 g/mol. The van der Waals surface area contributed by atoms with Crippen molar-refractivity contribution in [3.05, 3.63) is 59.7 Å². The van der Waals surface area contributed by atoms with Gasteiger partial charge < -0.3 is 10.0 Å². The molecule has 142 valence electrons. The number of halogens is 3. The molecule has 2 N–H and O–H groups in total. The van der Waals surface area contributed by atoms with Crippen LogP contribution >= 0.6 is 0 Å². The van der Waals surface area contributed by atoms with Crippen molar-refractivity contribution in [2.24, 2.45) is 0 Å². The van der Waals surface area contributed by atoms with E-state index >= 15 is 0 Å². The van der Waals surface area contributed by atoms with Crippen LogP contribution in [-0.2, 0) is 16.2 Å². The zero-order valence-electron chi connectivity index (χ0n) is 14.2. The lowest BCUT2D eigenvalue weighted by Crippen LogP contribution is -2.28. The molecule has 0 aliphatic heterocycles. The molecular formula is C17H19F3N2O3S. The lowest BCUT2D eigenvalue weighted by Gasteiger charge is -2.16. The number of rotatable bonds is 6. The van der Waals surface area contributed by atoms with Crippen LogP contribution in [0.25, 0.3) is 0 Å². The molecule has 2 aromatic rings. The maximum absolute atomic E-state index is 12.7. The van der Waals surface area contributed by atoms with Crippen molar-refractivity contribution in [2.45, 2.75) is 17.2 Å². The molecule has 0 bridgehead atoms. The second-order valence-electron chi connectivity index (χ2n) is 5.88. The number of hydrogen-bond donors (Lipinski definition) is 2. The Hall–Kier alpha value is -2.10. The van der Waals surface area contributed by atoms with Crippen molar-refractivity contribution in [3.63, 3.8) is 0 Å². The molecule has 0 heterocycles. The van der Waals surface area contributed by atoms with Crippen LogP contribution in [0.1, 0.15) is 17.2 Å². The first kappa shape index (κ1) is 20.2. The fraction of sp³-hybridized carbons (Fsp3) is 0.294. The van der Waals surface area contributed by atoms with Crippen LogP contribution in [0.15, 0.2) is 53.4 Å². The summed E-state index contributed by atoms with van der Waals surface area (Å²) in [5.74, 6) is 0. The van der Waals surface area contributed by atoms with Crippen molar-refractivity contribution in [2.75, 3.05) is 25.5 Å². The Kier molecular flexibility index (Phi) is 5.94. The molecule has 9 heteroatoms. The van der Waals surface area contributed by atoms with Gasteiger partial charge in [0.2, 0.25) is 10.0 Å². The van der Waals surface area contributed by atoms with Crippen LogP contribution in [0.4, 0.5) is 18.9 Å². The molecule has 5 nitrogen and oxygen atoms in total. The molecule has 0 saturated heterocycles. The first-order chi connectivity index (χ1) is 12.0. The lowest BCUT2D eigenvalue weighted by atomic mass is 10.1. The first-order valence-corrected chi connectivity index (χ1v) is 9.11. The molecule has 1 unspecified atom stereocenters. The van der Waals surface area contributed by atoms with E-state index in [2.05, 4.69) is 4.72 Å². The highest BCUT2D eigenvalue weighted by Gasteiger charge is 2.31. The Labute approximate surface area is 150 Å². The fourth-order valence-electron chi connectivity index (χ4n) is 2.22. The van der Waals surface area contributed by atoms with E-state index < -0.39 is 32.8 Å². The quantitative estimate of drug-likeness (QED) is 0.799. The van der Waals surface area contributed by atoms with E-state index in [0.29, 0.717) is 11.6 Å². The van der Waals surface area contributed by atoms with Crippen molar-refractivity contribution in [1.29, 1.82) is 0 Å². The largest absolute Gasteiger partial charge is 0.416 e. The van der Waals surface area contributed by atoms with E-state index in [1.807, 2.05) is 19.0 Å². The minimum Gasteiger partial charge on any atom is -0.387 e. The normalized spacial score (nSPS) is 13.5. The molecule has 0 aliphatic rings. The lowest BCUT2D eigenvalue weighted by molar-refractivity contribution is -0.137. The third-order valence-corrected chi connectivity index (χ3v) is 5.15. The van der Waals surface area contributed by atoms with Gasteiger partial charge in [0.15, 0.2) is 0 Å². The van der Waals surface area contributed by atoms with Crippen LogP contribution in [0.2, 0.25) is 0 Å². The number of alkyl halides is 3. The van der Waals surface area contributed by atoms with Gasteiger partial charge in [-0.3, -0.25) is 0 Å². The van der Waals surface area contributed by atoms with Gasteiger partial charge in [-0.1, -0.05) is 18.2 Å². The van der Waals surface area contributed by atoms with Gasteiger partial charge in [-0.15, -0.1) is 0 Å². The molecule has 1 atom stereocenters. The SMILES string of the molecule is CN(C)c1ccc(C(O)CNS(=O)(=O)c2cccc(C(F)(F)F)c2)cc1. The monoisotopic (exact) mass is 388 g/mol. The maximum Gasteiger partial charge on any atom is 0.416 e. The van der Waals surface area contributed by atoms with Crippen LogP contribution in [0.5, 0.6) is 0 Å². The summed E-state index contributed by atoms with van der Waals surface area (Å²) < 4.78 is 64.7. The molecule has 0 aliphatic carbocycles. The second-order valence-corrected chi connectivity index (χ2v) is 7.65. The third kappa shape index (κ3) is 4.96. The van der Waals surface area contributed by atoms with Crippen molar-refractivity contribution < 1.29 is 26.7 Å². The Morgan fingerprint density at radius 2 is 1.73 bits per heavy atom. The predicted octanol–water partition coefficient (Wildman–Crippen LogP) is 2.78. The van der Waals surface area contributed by atoms with Gasteiger partial charge in [0, 0.05) is 26.3 Å². The molecule has 2 aromatic carbocycles. The van der Waals surface area contributed by atoms with Gasteiger partial charge in [-0.05, 0) is 35.9 Å². The summed E-state index contributed by atoms with van der Waals surface area (Å²) in [5, 5.41) is 10.1. The summed E-state index contributed by atoms with van der Waals surface area (Å²) in [6, 6.07) is 10.3. The molecule has 26 heavy (non-hydrogen) atoms. The summed E-state index contributed by atoms with van der Waals surface area (Å²) in [6.07, 6.45) is -5.77. The Morgan fingerprint density at radius 3 is 2.27 bits per heavy atom. The number of anilines is 1. The minimum absolute atomic E-state index is 0.361.